The number of hydrogen-bond donors (Lipinski definition) is 3. The van der Waals surface area contributed by atoms with Crippen molar-refractivity contribution in [1.82, 2.24) is 15.4 Å². The van der Waals surface area contributed by atoms with E-state index < -0.39 is 0 Å². The summed E-state index contributed by atoms with van der Waals surface area (Å²) in [6, 6.07) is 17.7. The standard InChI is InChI=1S/C22H25N7O/c1-16-7-5-6-10-18(16)22(30)27-26-20-19(23)21(25-15-24-20)29-13-11-28(12-14-29)17-8-3-2-4-9-17/h2-10,15H,11-14,23H2,1H3,(H,27,30)(H,24,25,26). The molecule has 1 aromatic heterocycles. The lowest BCUT2D eigenvalue weighted by molar-refractivity contribution is 0.0962. The quantitative estimate of drug-likeness (QED) is 0.563. The maximum Gasteiger partial charge on any atom is 0.269 e. The molecule has 4 rings (SSSR count). The van der Waals surface area contributed by atoms with Gasteiger partial charge >= 0.3 is 0 Å². The third-order valence-corrected chi connectivity index (χ3v) is 5.25. The molecule has 2 heterocycles. The summed E-state index contributed by atoms with van der Waals surface area (Å²) in [5, 5.41) is 0. The molecule has 8 nitrogen and oxygen atoms in total. The minimum absolute atomic E-state index is 0.246. The predicted octanol–water partition coefficient (Wildman–Crippen LogP) is 2.45. The molecule has 8 heteroatoms. The number of aromatic nitrogens is 2. The van der Waals surface area contributed by atoms with Gasteiger partial charge in [-0.1, -0.05) is 36.4 Å². The molecule has 0 bridgehead atoms. The number of hydrogen-bond acceptors (Lipinski definition) is 7. The van der Waals surface area contributed by atoms with Gasteiger partial charge in [-0.15, -0.1) is 0 Å². The molecule has 0 atom stereocenters. The molecular formula is C22H25N7O. The molecule has 1 amide bonds. The molecule has 2 aromatic carbocycles. The predicted molar refractivity (Wildman–Crippen MR) is 120 cm³/mol. The van der Waals surface area contributed by atoms with E-state index >= 15 is 0 Å². The van der Waals surface area contributed by atoms with Crippen molar-refractivity contribution in [3.05, 3.63) is 72.1 Å². The van der Waals surface area contributed by atoms with E-state index in [1.165, 1.54) is 12.0 Å². The number of nitrogens with zero attached hydrogens (tertiary/aromatic N) is 4. The summed E-state index contributed by atoms with van der Waals surface area (Å²) in [6.07, 6.45) is 1.46. The summed E-state index contributed by atoms with van der Waals surface area (Å²) >= 11 is 0. The van der Waals surface area contributed by atoms with Crippen LogP contribution in [0.3, 0.4) is 0 Å². The number of nitrogens with one attached hydrogen (secondary N) is 2. The highest BCUT2D eigenvalue weighted by Crippen LogP contribution is 2.27. The molecule has 0 saturated carbocycles. The molecule has 1 saturated heterocycles. The van der Waals surface area contributed by atoms with Crippen LogP contribution in [0.25, 0.3) is 0 Å². The molecule has 0 aliphatic carbocycles. The van der Waals surface area contributed by atoms with Gasteiger partial charge in [-0.3, -0.25) is 15.6 Å². The second-order valence-corrected chi connectivity index (χ2v) is 7.16. The SMILES string of the molecule is Cc1ccccc1C(=O)NNc1ncnc(N2CCN(c3ccccc3)CC2)c1N. The summed E-state index contributed by atoms with van der Waals surface area (Å²) in [7, 11) is 0. The first-order valence-electron chi connectivity index (χ1n) is 9.91. The molecule has 1 fully saturated rings. The van der Waals surface area contributed by atoms with Crippen molar-refractivity contribution < 1.29 is 4.79 Å². The van der Waals surface area contributed by atoms with Gasteiger partial charge in [-0.2, -0.15) is 0 Å². The zero-order chi connectivity index (χ0) is 20.9. The van der Waals surface area contributed by atoms with Gasteiger partial charge in [-0.05, 0) is 30.7 Å². The van der Waals surface area contributed by atoms with Gasteiger partial charge in [0.15, 0.2) is 11.6 Å². The van der Waals surface area contributed by atoms with E-state index in [-0.39, 0.29) is 5.91 Å². The van der Waals surface area contributed by atoms with Gasteiger partial charge in [-0.25, -0.2) is 9.97 Å². The summed E-state index contributed by atoms with van der Waals surface area (Å²) in [4.78, 5) is 25.5. The summed E-state index contributed by atoms with van der Waals surface area (Å²) in [5.74, 6) is 0.807. The van der Waals surface area contributed by atoms with Crippen molar-refractivity contribution >= 4 is 28.9 Å². The smallest absolute Gasteiger partial charge is 0.269 e. The number of carbonyl (C=O) groups is 1. The number of amides is 1. The first-order chi connectivity index (χ1) is 14.6. The van der Waals surface area contributed by atoms with Crippen molar-refractivity contribution in [2.45, 2.75) is 6.92 Å². The first kappa shape index (κ1) is 19.5. The Labute approximate surface area is 175 Å². The second-order valence-electron chi connectivity index (χ2n) is 7.16. The lowest BCUT2D eigenvalue weighted by atomic mass is 10.1. The minimum Gasteiger partial charge on any atom is -0.393 e. The van der Waals surface area contributed by atoms with E-state index in [9.17, 15) is 4.79 Å². The Kier molecular flexibility index (Phi) is 5.65. The Hall–Kier alpha value is -3.81. The average molecular weight is 403 g/mol. The van der Waals surface area contributed by atoms with Gasteiger partial charge in [0, 0.05) is 37.4 Å². The molecule has 30 heavy (non-hydrogen) atoms. The topological polar surface area (TPSA) is 99.4 Å². The molecular weight excluding hydrogens is 378 g/mol. The van der Waals surface area contributed by atoms with Crippen LogP contribution >= 0.6 is 0 Å². The molecule has 4 N–H and O–H groups in total. The Balaban J connectivity index is 1.41. The maximum atomic E-state index is 12.4. The van der Waals surface area contributed by atoms with Crippen LogP contribution in [0.1, 0.15) is 15.9 Å². The fraction of sp³-hybridized carbons (Fsp3) is 0.227. The van der Waals surface area contributed by atoms with Crippen LogP contribution in [0.2, 0.25) is 0 Å². The van der Waals surface area contributed by atoms with E-state index in [1.54, 1.807) is 6.07 Å². The van der Waals surface area contributed by atoms with E-state index in [1.807, 2.05) is 43.3 Å². The number of rotatable bonds is 5. The van der Waals surface area contributed by atoms with Crippen LogP contribution in [0, 0.1) is 6.92 Å². The van der Waals surface area contributed by atoms with Crippen LogP contribution in [-0.2, 0) is 0 Å². The van der Waals surface area contributed by atoms with Crippen molar-refractivity contribution in [2.75, 3.05) is 47.1 Å². The van der Waals surface area contributed by atoms with E-state index in [2.05, 4.69) is 42.8 Å². The number of hydrazine groups is 1. The Morgan fingerprint density at radius 1 is 0.933 bits per heavy atom. The summed E-state index contributed by atoms with van der Waals surface area (Å²) in [5.41, 5.74) is 14.9. The lowest BCUT2D eigenvalue weighted by Gasteiger charge is -2.37. The number of para-hydroxylation sites is 1. The maximum absolute atomic E-state index is 12.4. The number of nitrogen functional groups attached to an aromatic ring is 1. The van der Waals surface area contributed by atoms with Crippen LogP contribution in [0.5, 0.6) is 0 Å². The zero-order valence-electron chi connectivity index (χ0n) is 16.9. The molecule has 0 radical (unpaired) electrons. The average Bonchev–Trinajstić information content (AvgIpc) is 2.79. The summed E-state index contributed by atoms with van der Waals surface area (Å²) < 4.78 is 0. The van der Waals surface area contributed by atoms with Crippen LogP contribution in [0.15, 0.2) is 60.9 Å². The highest BCUT2D eigenvalue weighted by molar-refractivity contribution is 5.96. The van der Waals surface area contributed by atoms with Crippen LogP contribution in [0.4, 0.5) is 23.0 Å². The normalized spacial score (nSPS) is 13.8. The number of anilines is 4. The van der Waals surface area contributed by atoms with Crippen molar-refractivity contribution in [3.8, 4) is 0 Å². The monoisotopic (exact) mass is 403 g/mol. The Bertz CT molecular complexity index is 1020. The van der Waals surface area contributed by atoms with Crippen molar-refractivity contribution in [2.24, 2.45) is 0 Å². The fourth-order valence-corrected chi connectivity index (χ4v) is 3.56. The van der Waals surface area contributed by atoms with E-state index in [0.717, 1.165) is 31.7 Å². The highest BCUT2D eigenvalue weighted by Gasteiger charge is 2.21. The van der Waals surface area contributed by atoms with Crippen LogP contribution in [-0.4, -0.2) is 42.1 Å². The van der Waals surface area contributed by atoms with Gasteiger partial charge in [0.05, 0.1) is 0 Å². The highest BCUT2D eigenvalue weighted by atomic mass is 16.2. The van der Waals surface area contributed by atoms with Gasteiger partial charge in [0.2, 0.25) is 0 Å². The molecule has 0 spiro atoms. The molecule has 154 valence electrons. The van der Waals surface area contributed by atoms with Crippen molar-refractivity contribution in [3.63, 3.8) is 0 Å². The number of carbonyl (C=O) groups excluding carboxylic acids is 1. The fourth-order valence-electron chi connectivity index (χ4n) is 3.56. The van der Waals surface area contributed by atoms with E-state index in [4.69, 9.17) is 5.73 Å². The number of piperazine rings is 1. The van der Waals surface area contributed by atoms with Crippen LogP contribution < -0.4 is 26.4 Å². The molecule has 1 aliphatic rings. The van der Waals surface area contributed by atoms with Crippen molar-refractivity contribution in [1.29, 1.82) is 0 Å². The third kappa shape index (κ3) is 4.12. The Morgan fingerprint density at radius 3 is 2.33 bits per heavy atom. The number of benzene rings is 2. The van der Waals surface area contributed by atoms with Gasteiger partial charge in [0.1, 0.15) is 12.0 Å². The largest absolute Gasteiger partial charge is 0.393 e. The number of aryl methyl sites for hydroxylation is 1. The van der Waals surface area contributed by atoms with E-state index in [0.29, 0.717) is 22.9 Å². The molecule has 0 unspecified atom stereocenters. The molecule has 1 aliphatic heterocycles. The third-order valence-electron chi connectivity index (χ3n) is 5.25. The summed E-state index contributed by atoms with van der Waals surface area (Å²) in [6.45, 7) is 5.23. The first-order valence-corrected chi connectivity index (χ1v) is 9.91. The Morgan fingerprint density at radius 2 is 1.60 bits per heavy atom. The second kappa shape index (κ2) is 8.69. The van der Waals surface area contributed by atoms with Gasteiger partial charge < -0.3 is 15.5 Å². The lowest BCUT2D eigenvalue weighted by Crippen LogP contribution is -2.47. The number of nitrogens with two attached hydrogens (primary N) is 1. The molecule has 3 aromatic rings. The van der Waals surface area contributed by atoms with Gasteiger partial charge in [0.25, 0.3) is 5.91 Å². The minimum atomic E-state index is -0.246. The zero-order valence-corrected chi connectivity index (χ0v) is 16.9.